The molecule has 2 N–H and O–H groups in total. The molecule has 3 heterocycles. The van der Waals surface area contributed by atoms with Gasteiger partial charge in [-0.2, -0.15) is 5.10 Å². The van der Waals surface area contributed by atoms with Crippen molar-refractivity contribution in [2.45, 2.75) is 19.3 Å². The number of para-hydroxylation sites is 1. The van der Waals surface area contributed by atoms with Crippen LogP contribution < -0.4 is 10.6 Å². The van der Waals surface area contributed by atoms with E-state index in [1.165, 1.54) is 0 Å². The fraction of sp³-hybridized carbons (Fsp3) is 0.278. The molecule has 0 aliphatic carbocycles. The highest BCUT2D eigenvalue weighted by atomic mass is 16.2. The minimum Gasteiger partial charge on any atom is -0.330 e. The molecule has 1 unspecified atom stereocenters. The Morgan fingerprint density at radius 2 is 2.17 bits per heavy atom. The number of aromatic nitrogens is 3. The molecule has 4 rings (SSSR count). The van der Waals surface area contributed by atoms with Crippen molar-refractivity contribution in [3.05, 3.63) is 59.5 Å². The third-order valence-corrected chi connectivity index (χ3v) is 4.66. The molecule has 0 radical (unpaired) electrons. The first kappa shape index (κ1) is 14.8. The van der Waals surface area contributed by atoms with Crippen molar-refractivity contribution in [3.8, 4) is 0 Å². The van der Waals surface area contributed by atoms with Gasteiger partial charge in [0, 0.05) is 24.0 Å². The van der Waals surface area contributed by atoms with Crippen LogP contribution in [-0.2, 0) is 0 Å². The van der Waals surface area contributed by atoms with Crippen LogP contribution in [0.4, 0.5) is 5.69 Å². The second kappa shape index (κ2) is 5.72. The number of carbonyl (C=O) groups is 1. The molecule has 1 aliphatic rings. The van der Waals surface area contributed by atoms with Gasteiger partial charge in [-0.3, -0.25) is 4.79 Å². The molecular formula is C18H19N5O. The van der Waals surface area contributed by atoms with Crippen LogP contribution in [0.1, 0.15) is 34.0 Å². The second-order valence-corrected chi connectivity index (χ2v) is 6.15. The number of carbonyl (C=O) groups excluding carboxylic acids is 1. The van der Waals surface area contributed by atoms with Gasteiger partial charge in [0.25, 0.3) is 5.91 Å². The lowest BCUT2D eigenvalue weighted by Gasteiger charge is -2.33. The monoisotopic (exact) mass is 321 g/mol. The largest absolute Gasteiger partial charge is 0.330 e. The topological polar surface area (TPSA) is 76.5 Å². The maximum Gasteiger partial charge on any atom is 0.277 e. The number of rotatable bonds is 2. The predicted molar refractivity (Wildman–Crippen MR) is 92.3 cm³/mol. The van der Waals surface area contributed by atoms with Crippen molar-refractivity contribution in [2.24, 2.45) is 5.73 Å². The molecule has 0 spiro atoms. The standard InChI is InChI=1S/C18H19N5O/c1-12-11-20-23-9-7-15(21-17(12)23)18(24)22-8-6-13(10-19)14-4-2-3-5-16(14)22/h2-5,7,9,11,13H,6,8,10,19H2,1H3. The van der Waals surface area contributed by atoms with Crippen molar-refractivity contribution < 1.29 is 4.79 Å². The van der Waals surface area contributed by atoms with E-state index in [0.29, 0.717) is 30.3 Å². The molecule has 3 aromatic rings. The Kier molecular flexibility index (Phi) is 3.54. The molecule has 0 bridgehead atoms. The summed E-state index contributed by atoms with van der Waals surface area (Å²) in [5.74, 6) is 0.221. The summed E-state index contributed by atoms with van der Waals surface area (Å²) in [7, 11) is 0. The van der Waals surface area contributed by atoms with Crippen molar-refractivity contribution >= 4 is 17.2 Å². The van der Waals surface area contributed by atoms with Crippen LogP contribution >= 0.6 is 0 Å². The molecule has 2 aromatic heterocycles. The van der Waals surface area contributed by atoms with Gasteiger partial charge in [-0.1, -0.05) is 18.2 Å². The summed E-state index contributed by atoms with van der Waals surface area (Å²) in [5, 5.41) is 4.20. The van der Waals surface area contributed by atoms with E-state index in [9.17, 15) is 4.79 Å². The highest BCUT2D eigenvalue weighted by Gasteiger charge is 2.29. The van der Waals surface area contributed by atoms with Crippen LogP contribution in [0.2, 0.25) is 0 Å². The number of benzene rings is 1. The van der Waals surface area contributed by atoms with E-state index in [4.69, 9.17) is 5.73 Å². The zero-order valence-corrected chi connectivity index (χ0v) is 13.5. The predicted octanol–water partition coefficient (Wildman–Crippen LogP) is 2.13. The number of aryl methyl sites for hydroxylation is 1. The first-order valence-corrected chi connectivity index (χ1v) is 8.11. The molecule has 1 aliphatic heterocycles. The molecule has 0 fully saturated rings. The molecule has 6 nitrogen and oxygen atoms in total. The third-order valence-electron chi connectivity index (χ3n) is 4.66. The zero-order chi connectivity index (χ0) is 16.7. The number of nitrogens with zero attached hydrogens (tertiary/aromatic N) is 4. The number of fused-ring (bicyclic) bond motifs is 2. The van der Waals surface area contributed by atoms with E-state index in [1.54, 1.807) is 23.0 Å². The normalized spacial score (nSPS) is 17.1. The molecule has 122 valence electrons. The Balaban J connectivity index is 1.74. The number of hydrogen-bond acceptors (Lipinski definition) is 4. The van der Waals surface area contributed by atoms with Crippen molar-refractivity contribution in [1.82, 2.24) is 14.6 Å². The van der Waals surface area contributed by atoms with Crippen LogP contribution in [0.3, 0.4) is 0 Å². The van der Waals surface area contributed by atoms with Gasteiger partial charge in [-0.25, -0.2) is 9.50 Å². The maximum absolute atomic E-state index is 13.0. The van der Waals surface area contributed by atoms with E-state index in [0.717, 1.165) is 23.2 Å². The van der Waals surface area contributed by atoms with E-state index >= 15 is 0 Å². The van der Waals surface area contributed by atoms with Gasteiger partial charge in [0.1, 0.15) is 5.69 Å². The number of anilines is 1. The second-order valence-electron chi connectivity index (χ2n) is 6.15. The van der Waals surface area contributed by atoms with Crippen molar-refractivity contribution in [2.75, 3.05) is 18.0 Å². The summed E-state index contributed by atoms with van der Waals surface area (Å²) < 4.78 is 1.68. The van der Waals surface area contributed by atoms with Gasteiger partial charge in [-0.05, 0) is 43.5 Å². The van der Waals surface area contributed by atoms with Crippen molar-refractivity contribution in [3.63, 3.8) is 0 Å². The summed E-state index contributed by atoms with van der Waals surface area (Å²) in [5.41, 5.74) is 10.1. The van der Waals surface area contributed by atoms with Gasteiger partial charge < -0.3 is 10.6 Å². The van der Waals surface area contributed by atoms with E-state index in [-0.39, 0.29) is 5.91 Å². The van der Waals surface area contributed by atoms with E-state index in [1.807, 2.05) is 30.0 Å². The summed E-state index contributed by atoms with van der Waals surface area (Å²) in [6, 6.07) is 9.71. The highest BCUT2D eigenvalue weighted by molar-refractivity contribution is 6.05. The first-order chi connectivity index (χ1) is 11.7. The van der Waals surface area contributed by atoms with Gasteiger partial charge in [0.05, 0.1) is 6.20 Å². The lowest BCUT2D eigenvalue weighted by atomic mass is 9.90. The Morgan fingerprint density at radius 3 is 3.00 bits per heavy atom. The summed E-state index contributed by atoms with van der Waals surface area (Å²) in [6.45, 7) is 3.19. The maximum atomic E-state index is 13.0. The van der Waals surface area contributed by atoms with Crippen LogP contribution in [0, 0.1) is 6.92 Å². The lowest BCUT2D eigenvalue weighted by Crippen LogP contribution is -2.38. The van der Waals surface area contributed by atoms with Crippen LogP contribution in [0.25, 0.3) is 5.65 Å². The molecule has 0 saturated carbocycles. The number of nitrogens with two attached hydrogens (primary N) is 1. The Morgan fingerprint density at radius 1 is 1.33 bits per heavy atom. The Labute approximate surface area is 139 Å². The quantitative estimate of drug-likeness (QED) is 0.784. The smallest absolute Gasteiger partial charge is 0.277 e. The average Bonchev–Trinajstić information content (AvgIpc) is 3.00. The molecular weight excluding hydrogens is 302 g/mol. The minimum atomic E-state index is -0.0824. The summed E-state index contributed by atoms with van der Waals surface area (Å²) in [6.07, 6.45) is 4.40. The fourth-order valence-electron chi connectivity index (χ4n) is 3.34. The summed E-state index contributed by atoms with van der Waals surface area (Å²) >= 11 is 0. The molecule has 1 amide bonds. The fourth-order valence-corrected chi connectivity index (χ4v) is 3.34. The first-order valence-electron chi connectivity index (χ1n) is 8.11. The Bertz CT molecular complexity index is 917. The lowest BCUT2D eigenvalue weighted by molar-refractivity contribution is 0.0979. The molecule has 0 saturated heterocycles. The van der Waals surface area contributed by atoms with Crippen LogP contribution in [-0.4, -0.2) is 33.6 Å². The molecule has 24 heavy (non-hydrogen) atoms. The van der Waals surface area contributed by atoms with Gasteiger partial charge in [0.15, 0.2) is 5.65 Å². The Hall–Kier alpha value is -2.73. The zero-order valence-electron chi connectivity index (χ0n) is 13.5. The van der Waals surface area contributed by atoms with Crippen LogP contribution in [0.5, 0.6) is 0 Å². The van der Waals surface area contributed by atoms with Gasteiger partial charge >= 0.3 is 0 Å². The van der Waals surface area contributed by atoms with E-state index in [2.05, 4.69) is 16.1 Å². The average molecular weight is 321 g/mol. The van der Waals surface area contributed by atoms with Gasteiger partial charge in [-0.15, -0.1) is 0 Å². The minimum absolute atomic E-state index is 0.0824. The van der Waals surface area contributed by atoms with Gasteiger partial charge in [0.2, 0.25) is 0 Å². The number of amides is 1. The third kappa shape index (κ3) is 2.27. The van der Waals surface area contributed by atoms with Crippen molar-refractivity contribution in [1.29, 1.82) is 0 Å². The molecule has 1 atom stereocenters. The molecule has 1 aromatic carbocycles. The van der Waals surface area contributed by atoms with E-state index < -0.39 is 0 Å². The summed E-state index contributed by atoms with van der Waals surface area (Å²) in [4.78, 5) is 19.4. The number of hydrogen-bond donors (Lipinski definition) is 1. The van der Waals surface area contributed by atoms with Crippen LogP contribution in [0.15, 0.2) is 42.7 Å². The SMILES string of the molecule is Cc1cnn2ccc(C(=O)N3CCC(CN)c4ccccc43)nc12. The molecule has 6 heteroatoms. The highest BCUT2D eigenvalue weighted by Crippen LogP contribution is 2.35.